The zero-order valence-corrected chi connectivity index (χ0v) is 16.7. The molecule has 26 heavy (non-hydrogen) atoms. The Kier molecular flexibility index (Phi) is 6.52. The summed E-state index contributed by atoms with van der Waals surface area (Å²) in [6.45, 7) is 0.842. The molecule has 1 atom stereocenters. The highest BCUT2D eigenvalue weighted by molar-refractivity contribution is 9.10. The molecule has 4 nitrogen and oxygen atoms in total. The Balaban J connectivity index is 1.63. The first-order valence-electron chi connectivity index (χ1n) is 8.58. The number of nitrogens with one attached hydrogen (secondary N) is 1. The summed E-state index contributed by atoms with van der Waals surface area (Å²) in [6.07, 6.45) is 10.2. The monoisotopic (exact) mass is 429 g/mol. The molecule has 1 amide bonds. The highest BCUT2D eigenvalue weighted by Crippen LogP contribution is 2.30. The predicted octanol–water partition coefficient (Wildman–Crippen LogP) is 4.49. The number of carbonyl (C=O) groups is 1. The number of carbonyl (C=O) groups excluding carboxylic acids is 1. The van der Waals surface area contributed by atoms with Gasteiger partial charge in [-0.05, 0) is 66.9 Å². The van der Waals surface area contributed by atoms with Gasteiger partial charge in [-0.15, -0.1) is 0 Å². The molecule has 0 aliphatic carbocycles. The van der Waals surface area contributed by atoms with Crippen LogP contribution < -0.4 is 5.32 Å². The molecule has 1 aromatic heterocycles. The van der Waals surface area contributed by atoms with E-state index in [0.29, 0.717) is 5.11 Å². The molecule has 0 spiro atoms. The van der Waals surface area contributed by atoms with Gasteiger partial charge in [0.25, 0.3) is 0 Å². The third-order valence-corrected chi connectivity index (χ3v) is 5.23. The third-order valence-electron chi connectivity index (χ3n) is 4.36. The number of aromatic nitrogens is 1. The summed E-state index contributed by atoms with van der Waals surface area (Å²) >= 11 is 8.91. The lowest BCUT2D eigenvalue weighted by molar-refractivity contribution is -0.115. The number of rotatable bonds is 3. The van der Waals surface area contributed by atoms with Gasteiger partial charge in [0.05, 0.1) is 6.04 Å². The van der Waals surface area contributed by atoms with Gasteiger partial charge < -0.3 is 4.90 Å². The van der Waals surface area contributed by atoms with Gasteiger partial charge in [-0.3, -0.25) is 15.1 Å². The number of piperidine rings is 1. The van der Waals surface area contributed by atoms with Crippen molar-refractivity contribution in [1.29, 1.82) is 0 Å². The SMILES string of the molecule is O=C(/C=C/c1ccc(Br)cc1)NC(=S)N1CCCC[C@H]1c1cccnc1. The lowest BCUT2D eigenvalue weighted by atomic mass is 9.97. The maximum atomic E-state index is 12.2. The molecular formula is C20H20BrN3OS. The Morgan fingerprint density at radius 1 is 1.27 bits per heavy atom. The molecule has 0 saturated carbocycles. The van der Waals surface area contributed by atoms with Gasteiger partial charge in [0, 0.05) is 29.5 Å². The third kappa shape index (κ3) is 4.99. The van der Waals surface area contributed by atoms with Crippen LogP contribution in [-0.2, 0) is 4.79 Å². The van der Waals surface area contributed by atoms with Crippen molar-refractivity contribution in [2.45, 2.75) is 25.3 Å². The highest BCUT2D eigenvalue weighted by atomic mass is 79.9. The van der Waals surface area contributed by atoms with E-state index in [2.05, 4.69) is 37.2 Å². The minimum Gasteiger partial charge on any atom is -0.342 e. The van der Waals surface area contributed by atoms with Crippen molar-refractivity contribution in [1.82, 2.24) is 15.2 Å². The summed E-state index contributed by atoms with van der Waals surface area (Å²) in [7, 11) is 0. The van der Waals surface area contributed by atoms with Gasteiger partial charge in [-0.25, -0.2) is 0 Å². The van der Waals surface area contributed by atoms with Gasteiger partial charge in [0.2, 0.25) is 5.91 Å². The first kappa shape index (κ1) is 18.7. The fourth-order valence-corrected chi connectivity index (χ4v) is 3.64. The molecule has 2 aromatic rings. The molecule has 3 rings (SSSR count). The first-order chi connectivity index (χ1) is 12.6. The lowest BCUT2D eigenvalue weighted by Gasteiger charge is -2.37. The Morgan fingerprint density at radius 2 is 2.08 bits per heavy atom. The van der Waals surface area contributed by atoms with Crippen LogP contribution in [0.1, 0.15) is 36.4 Å². The molecule has 2 heterocycles. The van der Waals surface area contributed by atoms with Crippen LogP contribution in [0.4, 0.5) is 0 Å². The minimum absolute atomic E-state index is 0.167. The van der Waals surface area contributed by atoms with Gasteiger partial charge in [0.15, 0.2) is 5.11 Å². The quantitative estimate of drug-likeness (QED) is 0.576. The molecule has 1 N–H and O–H groups in total. The predicted molar refractivity (Wildman–Crippen MR) is 111 cm³/mol. The molecule has 1 saturated heterocycles. The molecule has 6 heteroatoms. The van der Waals surface area contributed by atoms with E-state index in [1.54, 1.807) is 12.3 Å². The number of halogens is 1. The van der Waals surface area contributed by atoms with Gasteiger partial charge in [-0.1, -0.05) is 34.1 Å². The Labute approximate surface area is 167 Å². The second kappa shape index (κ2) is 9.05. The van der Waals surface area contributed by atoms with Crippen molar-refractivity contribution in [3.8, 4) is 0 Å². The fourth-order valence-electron chi connectivity index (χ4n) is 3.06. The second-order valence-electron chi connectivity index (χ2n) is 6.17. The summed E-state index contributed by atoms with van der Waals surface area (Å²) in [5, 5.41) is 3.31. The Bertz CT molecular complexity index is 792. The number of benzene rings is 1. The molecule has 1 aliphatic rings. The molecule has 1 fully saturated rings. The van der Waals surface area contributed by atoms with Crippen LogP contribution >= 0.6 is 28.1 Å². The molecule has 0 radical (unpaired) electrons. The standard InChI is InChI=1S/C20H20BrN3OS/c21-17-9-6-15(7-10-17)8-11-19(25)23-20(26)24-13-2-1-5-18(24)16-4-3-12-22-14-16/h3-4,6-12,14,18H,1-2,5,13H2,(H,23,25,26)/b11-8+/t18-/m0/s1. The maximum absolute atomic E-state index is 12.2. The molecular weight excluding hydrogens is 410 g/mol. The zero-order valence-electron chi connectivity index (χ0n) is 14.3. The van der Waals surface area contributed by atoms with E-state index in [1.165, 1.54) is 6.08 Å². The summed E-state index contributed by atoms with van der Waals surface area (Å²) in [6, 6.07) is 11.9. The van der Waals surface area contributed by atoms with Crippen molar-refractivity contribution >= 4 is 45.2 Å². The lowest BCUT2D eigenvalue weighted by Crippen LogP contribution is -2.46. The molecule has 1 aromatic carbocycles. The minimum atomic E-state index is -0.214. The topological polar surface area (TPSA) is 45.2 Å². The van der Waals surface area contributed by atoms with E-state index in [-0.39, 0.29) is 11.9 Å². The number of hydrogen-bond acceptors (Lipinski definition) is 3. The fraction of sp³-hybridized carbons (Fsp3) is 0.250. The van der Waals surface area contributed by atoms with Crippen molar-refractivity contribution < 1.29 is 4.79 Å². The molecule has 134 valence electrons. The summed E-state index contributed by atoms with van der Waals surface area (Å²) in [5.74, 6) is -0.214. The zero-order chi connectivity index (χ0) is 18.4. The van der Waals surface area contributed by atoms with E-state index in [0.717, 1.165) is 41.4 Å². The number of thiocarbonyl (C=S) groups is 1. The van der Waals surface area contributed by atoms with E-state index in [4.69, 9.17) is 12.2 Å². The van der Waals surface area contributed by atoms with Crippen LogP contribution in [0.2, 0.25) is 0 Å². The van der Waals surface area contributed by atoms with Gasteiger partial charge in [0.1, 0.15) is 0 Å². The van der Waals surface area contributed by atoms with Crippen molar-refractivity contribution in [3.63, 3.8) is 0 Å². The molecule has 0 unspecified atom stereocenters. The summed E-state index contributed by atoms with van der Waals surface area (Å²) in [4.78, 5) is 18.6. The number of amides is 1. The van der Waals surface area contributed by atoms with Crippen LogP contribution in [0.3, 0.4) is 0 Å². The van der Waals surface area contributed by atoms with Crippen molar-refractivity contribution in [3.05, 3.63) is 70.5 Å². The van der Waals surface area contributed by atoms with Crippen LogP contribution in [0.5, 0.6) is 0 Å². The summed E-state index contributed by atoms with van der Waals surface area (Å²) in [5.41, 5.74) is 2.09. The largest absolute Gasteiger partial charge is 0.342 e. The number of pyridine rings is 1. The van der Waals surface area contributed by atoms with Gasteiger partial charge >= 0.3 is 0 Å². The van der Waals surface area contributed by atoms with Crippen molar-refractivity contribution in [2.75, 3.05) is 6.54 Å². The van der Waals surface area contributed by atoms with E-state index < -0.39 is 0 Å². The smallest absolute Gasteiger partial charge is 0.250 e. The van der Waals surface area contributed by atoms with E-state index in [9.17, 15) is 4.79 Å². The average Bonchev–Trinajstić information content (AvgIpc) is 2.68. The van der Waals surface area contributed by atoms with E-state index in [1.807, 2.05) is 36.5 Å². The molecule has 0 bridgehead atoms. The first-order valence-corrected chi connectivity index (χ1v) is 9.79. The Morgan fingerprint density at radius 3 is 2.81 bits per heavy atom. The van der Waals surface area contributed by atoms with E-state index >= 15 is 0 Å². The molecule has 1 aliphatic heterocycles. The number of nitrogens with zero attached hydrogens (tertiary/aromatic N) is 2. The second-order valence-corrected chi connectivity index (χ2v) is 7.47. The van der Waals surface area contributed by atoms with Crippen molar-refractivity contribution in [2.24, 2.45) is 0 Å². The van der Waals surface area contributed by atoms with Gasteiger partial charge in [-0.2, -0.15) is 0 Å². The average molecular weight is 430 g/mol. The van der Waals surface area contributed by atoms with Crippen LogP contribution in [0.15, 0.2) is 59.3 Å². The Hall–Kier alpha value is -2.05. The number of hydrogen-bond donors (Lipinski definition) is 1. The van der Waals surface area contributed by atoms with Crippen LogP contribution in [-0.4, -0.2) is 27.4 Å². The van der Waals surface area contributed by atoms with Crippen LogP contribution in [0, 0.1) is 0 Å². The van der Waals surface area contributed by atoms with Crippen LogP contribution in [0.25, 0.3) is 6.08 Å². The highest BCUT2D eigenvalue weighted by Gasteiger charge is 2.26. The summed E-state index contributed by atoms with van der Waals surface area (Å²) < 4.78 is 1.01. The number of likely N-dealkylation sites (tertiary alicyclic amines) is 1. The maximum Gasteiger partial charge on any atom is 0.250 e. The normalized spacial score (nSPS) is 17.3.